The van der Waals surface area contributed by atoms with Crippen LogP contribution in [0.1, 0.15) is 108 Å². The molecule has 4 heteroatoms. The average molecular weight is 405 g/mol. The molecule has 1 aromatic carbocycles. The largest absolute Gasteiger partial charge is 0.481 e. The van der Waals surface area contributed by atoms with Crippen molar-refractivity contribution in [3.8, 4) is 0 Å². The van der Waals surface area contributed by atoms with Gasteiger partial charge in [-0.05, 0) is 18.4 Å². The number of hydrogen-bond acceptors (Lipinski definition) is 3. The lowest BCUT2D eigenvalue weighted by Gasteiger charge is -2.05. The Morgan fingerprint density at radius 3 is 1.48 bits per heavy atom. The second-order valence-electron chi connectivity index (χ2n) is 7.99. The molecule has 0 unspecified atom stereocenters. The first-order chi connectivity index (χ1) is 14.2. The molecule has 0 aliphatic heterocycles. The molecular weight excluding hydrogens is 364 g/mol. The van der Waals surface area contributed by atoms with Crippen molar-refractivity contribution in [2.45, 2.75) is 109 Å². The van der Waals surface area contributed by atoms with Gasteiger partial charge in [0.15, 0.2) is 0 Å². The Hall–Kier alpha value is -1.84. The van der Waals surface area contributed by atoms with Crippen molar-refractivity contribution in [1.82, 2.24) is 0 Å². The van der Waals surface area contributed by atoms with E-state index in [1.165, 1.54) is 64.2 Å². The molecular formula is C25H40O4. The lowest BCUT2D eigenvalue weighted by molar-refractivity contribution is -0.145. The van der Waals surface area contributed by atoms with Crippen LogP contribution in [0, 0.1) is 0 Å². The third kappa shape index (κ3) is 16.8. The maximum atomic E-state index is 11.7. The van der Waals surface area contributed by atoms with Gasteiger partial charge in [0.1, 0.15) is 6.61 Å². The lowest BCUT2D eigenvalue weighted by Crippen LogP contribution is -2.04. The molecule has 0 spiro atoms. The minimum absolute atomic E-state index is 0.0873. The summed E-state index contributed by atoms with van der Waals surface area (Å²) in [6, 6.07) is 9.81. The highest BCUT2D eigenvalue weighted by atomic mass is 16.5. The van der Waals surface area contributed by atoms with Gasteiger partial charge in [0.05, 0.1) is 0 Å². The molecule has 1 rings (SSSR count). The highest BCUT2D eigenvalue weighted by molar-refractivity contribution is 5.69. The van der Waals surface area contributed by atoms with Crippen LogP contribution in [-0.2, 0) is 20.9 Å². The number of carboxylic acids is 1. The molecule has 0 aromatic heterocycles. The highest BCUT2D eigenvalue weighted by Crippen LogP contribution is 2.14. The summed E-state index contributed by atoms with van der Waals surface area (Å²) in [7, 11) is 0. The third-order valence-electron chi connectivity index (χ3n) is 5.26. The molecule has 0 atom stereocenters. The van der Waals surface area contributed by atoms with Gasteiger partial charge in [0, 0.05) is 12.8 Å². The number of carboxylic acid groups (broad SMARTS) is 1. The standard InChI is InChI=1S/C25H40O4/c26-24(27)20-16-11-9-7-5-3-1-2-4-6-8-10-12-17-21-25(28)29-22-23-18-14-13-15-19-23/h13-15,18-19H,1-12,16-17,20-22H2,(H,26,27). The number of rotatable bonds is 19. The number of benzene rings is 1. The lowest BCUT2D eigenvalue weighted by atomic mass is 10.0. The Labute approximate surface area is 177 Å². The Balaban J connectivity index is 1.75. The van der Waals surface area contributed by atoms with Gasteiger partial charge in [-0.1, -0.05) is 107 Å². The zero-order chi connectivity index (χ0) is 21.0. The molecule has 0 radical (unpaired) electrons. The number of esters is 1. The molecule has 0 aliphatic carbocycles. The summed E-state index contributed by atoms with van der Waals surface area (Å²) in [6.45, 7) is 0.379. The van der Waals surface area contributed by atoms with Crippen molar-refractivity contribution >= 4 is 11.9 Å². The zero-order valence-corrected chi connectivity index (χ0v) is 18.1. The quantitative estimate of drug-likeness (QED) is 0.198. The van der Waals surface area contributed by atoms with Gasteiger partial charge in [0.25, 0.3) is 0 Å². The van der Waals surface area contributed by atoms with Crippen LogP contribution < -0.4 is 0 Å². The minimum atomic E-state index is -0.675. The number of carbonyl (C=O) groups is 2. The molecule has 29 heavy (non-hydrogen) atoms. The van der Waals surface area contributed by atoms with Crippen molar-refractivity contribution in [3.63, 3.8) is 0 Å². The smallest absolute Gasteiger partial charge is 0.306 e. The van der Waals surface area contributed by atoms with Crippen LogP contribution in [0.15, 0.2) is 30.3 Å². The number of aliphatic carboxylic acids is 1. The van der Waals surface area contributed by atoms with E-state index in [2.05, 4.69) is 0 Å². The molecule has 1 N–H and O–H groups in total. The van der Waals surface area contributed by atoms with Crippen molar-refractivity contribution in [2.75, 3.05) is 0 Å². The van der Waals surface area contributed by atoms with E-state index in [-0.39, 0.29) is 5.97 Å². The minimum Gasteiger partial charge on any atom is -0.481 e. The van der Waals surface area contributed by atoms with Crippen LogP contribution in [0.4, 0.5) is 0 Å². The average Bonchev–Trinajstić information content (AvgIpc) is 2.72. The van der Waals surface area contributed by atoms with Gasteiger partial charge in [-0.25, -0.2) is 0 Å². The Bertz CT molecular complexity index is 527. The fraction of sp³-hybridized carbons (Fsp3) is 0.680. The summed E-state index contributed by atoms with van der Waals surface area (Å²) in [5.74, 6) is -0.762. The van der Waals surface area contributed by atoms with Crippen LogP contribution in [-0.4, -0.2) is 17.0 Å². The van der Waals surface area contributed by atoms with E-state index < -0.39 is 5.97 Å². The SMILES string of the molecule is O=C(O)CCCCCCCCCCCCCCCCC(=O)OCc1ccccc1. The van der Waals surface area contributed by atoms with Crippen LogP contribution in [0.3, 0.4) is 0 Å². The van der Waals surface area contributed by atoms with Crippen LogP contribution in [0.5, 0.6) is 0 Å². The van der Waals surface area contributed by atoms with Crippen LogP contribution in [0.2, 0.25) is 0 Å². The second-order valence-corrected chi connectivity index (χ2v) is 7.99. The molecule has 0 aliphatic rings. The molecule has 0 saturated carbocycles. The van der Waals surface area contributed by atoms with Gasteiger partial charge in [-0.3, -0.25) is 9.59 Å². The van der Waals surface area contributed by atoms with Gasteiger partial charge in [0.2, 0.25) is 0 Å². The molecule has 0 bridgehead atoms. The topological polar surface area (TPSA) is 63.6 Å². The van der Waals surface area contributed by atoms with E-state index in [9.17, 15) is 9.59 Å². The monoisotopic (exact) mass is 404 g/mol. The van der Waals surface area contributed by atoms with Crippen molar-refractivity contribution in [3.05, 3.63) is 35.9 Å². The van der Waals surface area contributed by atoms with E-state index in [4.69, 9.17) is 9.84 Å². The van der Waals surface area contributed by atoms with Gasteiger partial charge < -0.3 is 9.84 Å². The normalized spacial score (nSPS) is 10.8. The summed E-state index contributed by atoms with van der Waals surface area (Å²) >= 11 is 0. The molecule has 4 nitrogen and oxygen atoms in total. The zero-order valence-electron chi connectivity index (χ0n) is 18.1. The van der Waals surface area contributed by atoms with E-state index in [0.29, 0.717) is 19.4 Å². The van der Waals surface area contributed by atoms with E-state index in [1.54, 1.807) is 0 Å². The molecule has 0 heterocycles. The Morgan fingerprint density at radius 1 is 0.621 bits per heavy atom. The van der Waals surface area contributed by atoms with Crippen molar-refractivity contribution in [2.24, 2.45) is 0 Å². The summed E-state index contributed by atoms with van der Waals surface area (Å²) in [5.41, 5.74) is 1.04. The fourth-order valence-electron chi connectivity index (χ4n) is 3.48. The first kappa shape index (κ1) is 25.2. The molecule has 164 valence electrons. The molecule has 0 fully saturated rings. The second kappa shape index (κ2) is 18.2. The summed E-state index contributed by atoms with van der Waals surface area (Å²) in [4.78, 5) is 22.1. The van der Waals surface area contributed by atoms with E-state index >= 15 is 0 Å². The maximum Gasteiger partial charge on any atom is 0.306 e. The summed E-state index contributed by atoms with van der Waals surface area (Å²) in [6.07, 6.45) is 17.5. The fourth-order valence-corrected chi connectivity index (χ4v) is 3.48. The Morgan fingerprint density at radius 2 is 1.03 bits per heavy atom. The van der Waals surface area contributed by atoms with Crippen molar-refractivity contribution < 1.29 is 19.4 Å². The maximum absolute atomic E-state index is 11.7. The van der Waals surface area contributed by atoms with Gasteiger partial charge >= 0.3 is 11.9 Å². The first-order valence-corrected chi connectivity index (χ1v) is 11.6. The number of unbranched alkanes of at least 4 members (excludes halogenated alkanes) is 13. The number of ether oxygens (including phenoxy) is 1. The third-order valence-corrected chi connectivity index (χ3v) is 5.26. The van der Waals surface area contributed by atoms with Crippen LogP contribution >= 0.6 is 0 Å². The molecule has 0 amide bonds. The molecule has 1 aromatic rings. The van der Waals surface area contributed by atoms with Crippen LogP contribution in [0.25, 0.3) is 0 Å². The van der Waals surface area contributed by atoms with E-state index in [1.807, 2.05) is 30.3 Å². The van der Waals surface area contributed by atoms with Crippen molar-refractivity contribution in [1.29, 1.82) is 0 Å². The summed E-state index contributed by atoms with van der Waals surface area (Å²) < 4.78 is 5.29. The molecule has 0 saturated heterocycles. The summed E-state index contributed by atoms with van der Waals surface area (Å²) in [5, 5.41) is 8.58. The Kier molecular flexibility index (Phi) is 15.8. The first-order valence-electron chi connectivity index (χ1n) is 11.6. The number of carbonyl (C=O) groups excluding carboxylic acids is 1. The predicted octanol–water partition coefficient (Wildman–Crippen LogP) is 7.06. The number of hydrogen-bond donors (Lipinski definition) is 1. The van der Waals surface area contributed by atoms with Gasteiger partial charge in [-0.2, -0.15) is 0 Å². The predicted molar refractivity (Wildman–Crippen MR) is 118 cm³/mol. The van der Waals surface area contributed by atoms with Gasteiger partial charge in [-0.15, -0.1) is 0 Å². The highest BCUT2D eigenvalue weighted by Gasteiger charge is 2.03. The van der Waals surface area contributed by atoms with E-state index in [0.717, 1.165) is 31.2 Å².